The Kier molecular flexibility index (Phi) is 6.36. The summed E-state index contributed by atoms with van der Waals surface area (Å²) in [5.41, 5.74) is 1.10. The lowest BCUT2D eigenvalue weighted by molar-refractivity contribution is 0.0982. The molecule has 0 saturated carbocycles. The minimum absolute atomic E-state index is 0.0735. The van der Waals surface area contributed by atoms with Gasteiger partial charge in [-0.05, 0) is 30.5 Å². The number of nitrogens with zero attached hydrogens (tertiary/aromatic N) is 3. The number of hydrogen-bond donors (Lipinski definition) is 1. The largest absolute Gasteiger partial charge is 0.493 e. The minimum atomic E-state index is -0.523. The quantitative estimate of drug-likeness (QED) is 0.420. The van der Waals surface area contributed by atoms with Crippen molar-refractivity contribution < 1.29 is 14.2 Å². The Morgan fingerprint density at radius 2 is 1.94 bits per heavy atom. The third-order valence-electron chi connectivity index (χ3n) is 6.17. The van der Waals surface area contributed by atoms with E-state index in [1.165, 1.54) is 18.8 Å². The van der Waals surface area contributed by atoms with E-state index in [4.69, 9.17) is 30.8 Å². The summed E-state index contributed by atoms with van der Waals surface area (Å²) in [6.45, 7) is 1.34. The van der Waals surface area contributed by atoms with Crippen molar-refractivity contribution in [3.63, 3.8) is 0 Å². The molecule has 10 heteroatoms. The number of halogens is 1. The first-order valence-corrected chi connectivity index (χ1v) is 11.7. The number of benzene rings is 2. The lowest BCUT2D eigenvalue weighted by atomic mass is 10.1. The Morgan fingerprint density at radius 3 is 2.63 bits per heavy atom. The van der Waals surface area contributed by atoms with Crippen LogP contribution >= 0.6 is 11.6 Å². The van der Waals surface area contributed by atoms with E-state index in [1.54, 1.807) is 12.1 Å². The second-order valence-electron chi connectivity index (χ2n) is 8.38. The van der Waals surface area contributed by atoms with Gasteiger partial charge in [0.1, 0.15) is 5.82 Å². The van der Waals surface area contributed by atoms with Crippen molar-refractivity contribution in [1.82, 2.24) is 19.1 Å². The average Bonchev–Trinajstić information content (AvgIpc) is 3.50. The molecule has 182 valence electrons. The number of methoxy groups -OCH3 is 2. The van der Waals surface area contributed by atoms with Gasteiger partial charge >= 0.3 is 5.69 Å². The third-order valence-corrected chi connectivity index (χ3v) is 6.45. The van der Waals surface area contributed by atoms with Crippen molar-refractivity contribution in [3.8, 4) is 22.9 Å². The molecule has 0 radical (unpaired) electrons. The first kappa shape index (κ1) is 23.2. The van der Waals surface area contributed by atoms with E-state index in [0.717, 1.165) is 18.4 Å². The van der Waals surface area contributed by atoms with Gasteiger partial charge in [0.15, 0.2) is 22.7 Å². The minimum Gasteiger partial charge on any atom is -0.493 e. The van der Waals surface area contributed by atoms with Gasteiger partial charge in [0, 0.05) is 12.2 Å². The number of rotatable bonds is 7. The molecule has 35 heavy (non-hydrogen) atoms. The van der Waals surface area contributed by atoms with Crippen LogP contribution < -0.4 is 20.7 Å². The molecule has 0 bridgehead atoms. The second kappa shape index (κ2) is 9.59. The van der Waals surface area contributed by atoms with E-state index >= 15 is 0 Å². The van der Waals surface area contributed by atoms with Gasteiger partial charge in [-0.1, -0.05) is 41.9 Å². The first-order chi connectivity index (χ1) is 17.0. The summed E-state index contributed by atoms with van der Waals surface area (Å²) in [5, 5.41) is 0.341. The lowest BCUT2D eigenvalue weighted by Gasteiger charge is -2.15. The maximum atomic E-state index is 13.1. The van der Waals surface area contributed by atoms with Gasteiger partial charge in [-0.15, -0.1) is 0 Å². The molecular formula is C25H25ClN4O5. The van der Waals surface area contributed by atoms with Gasteiger partial charge in [-0.3, -0.25) is 14.3 Å². The number of nitrogens with one attached hydrogen (secondary N) is 1. The maximum absolute atomic E-state index is 13.1. The Balaban J connectivity index is 1.76. The number of imidazole rings is 1. The molecule has 5 rings (SSSR count). The van der Waals surface area contributed by atoms with Crippen molar-refractivity contribution in [2.24, 2.45) is 0 Å². The zero-order valence-electron chi connectivity index (χ0n) is 19.4. The molecule has 1 atom stereocenters. The fourth-order valence-corrected chi connectivity index (χ4v) is 4.81. The van der Waals surface area contributed by atoms with Crippen LogP contribution in [0.2, 0.25) is 5.02 Å². The lowest BCUT2D eigenvalue weighted by Crippen LogP contribution is -2.32. The molecule has 0 spiro atoms. The fraction of sp³-hybridized carbons (Fsp3) is 0.320. The van der Waals surface area contributed by atoms with Crippen LogP contribution in [0.3, 0.4) is 0 Å². The Morgan fingerprint density at radius 1 is 1.14 bits per heavy atom. The smallest absolute Gasteiger partial charge is 0.330 e. The summed E-state index contributed by atoms with van der Waals surface area (Å²) in [7, 11) is 3.04. The van der Waals surface area contributed by atoms with E-state index in [1.807, 2.05) is 34.9 Å². The SMILES string of the molecule is COc1cc(-c2nc3c(c(=O)[nH]c(=O)n3Cc3ccccc3)n2C[C@H]2CCCO2)cc(Cl)c1OC. The van der Waals surface area contributed by atoms with Crippen LogP contribution in [-0.4, -0.2) is 46.0 Å². The van der Waals surface area contributed by atoms with Gasteiger partial charge in [0.05, 0.1) is 38.4 Å². The molecule has 0 aliphatic carbocycles. The zero-order chi connectivity index (χ0) is 24.5. The summed E-state index contributed by atoms with van der Waals surface area (Å²) in [5.74, 6) is 1.32. The molecule has 1 saturated heterocycles. The highest BCUT2D eigenvalue weighted by Crippen LogP contribution is 2.39. The maximum Gasteiger partial charge on any atom is 0.330 e. The number of aromatic nitrogens is 4. The van der Waals surface area contributed by atoms with Crippen LogP contribution in [0.25, 0.3) is 22.6 Å². The zero-order valence-corrected chi connectivity index (χ0v) is 20.2. The van der Waals surface area contributed by atoms with Gasteiger partial charge in [-0.2, -0.15) is 0 Å². The number of ether oxygens (including phenoxy) is 3. The highest BCUT2D eigenvalue weighted by molar-refractivity contribution is 6.32. The van der Waals surface area contributed by atoms with E-state index < -0.39 is 11.2 Å². The highest BCUT2D eigenvalue weighted by Gasteiger charge is 2.25. The molecule has 4 aromatic rings. The van der Waals surface area contributed by atoms with Gasteiger partial charge in [0.25, 0.3) is 5.56 Å². The molecule has 2 aromatic carbocycles. The van der Waals surface area contributed by atoms with Crippen LogP contribution in [-0.2, 0) is 17.8 Å². The standard InChI is InChI=1S/C25H25ClN4O5/c1-33-19-12-16(11-18(26)21(19)34-2)22-27-23-20(29(22)14-17-9-6-10-35-17)24(31)28-25(32)30(23)13-15-7-4-3-5-8-15/h3-5,7-8,11-12,17H,6,9-10,13-14H2,1-2H3,(H,28,31,32)/t17-/m1/s1. The summed E-state index contributed by atoms with van der Waals surface area (Å²) < 4.78 is 20.0. The van der Waals surface area contributed by atoms with Gasteiger partial charge in [-0.25, -0.2) is 9.78 Å². The summed E-state index contributed by atoms with van der Waals surface area (Å²) in [6, 6.07) is 13.0. The van der Waals surface area contributed by atoms with Crippen molar-refractivity contribution in [2.75, 3.05) is 20.8 Å². The van der Waals surface area contributed by atoms with Crippen LogP contribution in [0.15, 0.2) is 52.1 Å². The van der Waals surface area contributed by atoms with Crippen LogP contribution in [0, 0.1) is 0 Å². The van der Waals surface area contributed by atoms with E-state index in [0.29, 0.717) is 52.2 Å². The molecule has 1 N–H and O–H groups in total. The molecule has 9 nitrogen and oxygen atoms in total. The van der Waals surface area contributed by atoms with Crippen molar-refractivity contribution in [3.05, 3.63) is 73.9 Å². The molecule has 2 aromatic heterocycles. The fourth-order valence-electron chi connectivity index (χ4n) is 4.52. The molecule has 1 aliphatic heterocycles. The van der Waals surface area contributed by atoms with Crippen molar-refractivity contribution in [1.29, 1.82) is 0 Å². The third kappa shape index (κ3) is 4.33. The van der Waals surface area contributed by atoms with Crippen LogP contribution in [0.5, 0.6) is 11.5 Å². The van der Waals surface area contributed by atoms with Crippen LogP contribution in [0.1, 0.15) is 18.4 Å². The Bertz CT molecular complexity index is 1490. The average molecular weight is 497 g/mol. The molecule has 1 aliphatic rings. The predicted molar refractivity (Wildman–Crippen MR) is 133 cm³/mol. The Labute approximate surface area is 205 Å². The summed E-state index contributed by atoms with van der Waals surface area (Å²) in [4.78, 5) is 33.2. The second-order valence-corrected chi connectivity index (χ2v) is 8.79. The molecular weight excluding hydrogens is 472 g/mol. The van der Waals surface area contributed by atoms with E-state index in [9.17, 15) is 9.59 Å². The number of aromatic amines is 1. The van der Waals surface area contributed by atoms with Crippen LogP contribution in [0.4, 0.5) is 0 Å². The number of fused-ring (bicyclic) bond motifs is 1. The summed E-state index contributed by atoms with van der Waals surface area (Å²) >= 11 is 6.49. The van der Waals surface area contributed by atoms with E-state index in [2.05, 4.69) is 4.98 Å². The number of hydrogen-bond acceptors (Lipinski definition) is 6. The van der Waals surface area contributed by atoms with Crippen molar-refractivity contribution in [2.45, 2.75) is 32.0 Å². The Hall–Kier alpha value is -3.56. The molecule has 1 fully saturated rings. The van der Waals surface area contributed by atoms with Gasteiger partial charge in [0.2, 0.25) is 0 Å². The predicted octanol–water partition coefficient (Wildman–Crippen LogP) is 3.45. The molecule has 0 unspecified atom stereocenters. The first-order valence-electron chi connectivity index (χ1n) is 11.3. The van der Waals surface area contributed by atoms with Gasteiger partial charge < -0.3 is 18.8 Å². The topological polar surface area (TPSA) is 100 Å². The monoisotopic (exact) mass is 496 g/mol. The highest BCUT2D eigenvalue weighted by atomic mass is 35.5. The van der Waals surface area contributed by atoms with E-state index in [-0.39, 0.29) is 12.6 Å². The normalized spacial score (nSPS) is 15.6. The van der Waals surface area contributed by atoms with Crippen molar-refractivity contribution >= 4 is 22.8 Å². The molecule has 0 amide bonds. The molecule has 3 heterocycles. The summed E-state index contributed by atoms with van der Waals surface area (Å²) in [6.07, 6.45) is 1.74. The number of H-pyrrole nitrogens is 1.